The van der Waals surface area contributed by atoms with E-state index in [1.807, 2.05) is 0 Å². The minimum Gasteiger partial charge on any atom is -0.330 e. The summed E-state index contributed by atoms with van der Waals surface area (Å²) in [6.45, 7) is -0.304. The lowest BCUT2D eigenvalue weighted by Crippen LogP contribution is -2.38. The number of carbonyl (C=O) groups excluding carboxylic acids is 12. The largest absolute Gasteiger partial charge is 0.333 e. The molecule has 3 fully saturated rings. The number of hydroxylamine groups is 6. The third-order valence-electron chi connectivity index (χ3n) is 9.56. The normalized spacial score (nSPS) is 15.6. The minimum absolute atomic E-state index is 0.00816. The second kappa shape index (κ2) is 25.2. The number of hydrogen-bond acceptors (Lipinski definition) is 16. The zero-order valence-corrected chi connectivity index (χ0v) is 33.0. The lowest BCUT2D eigenvalue weighted by atomic mass is 10.1. The fraction of sp³-hybridized carbons (Fsp3) is 0.692. The van der Waals surface area contributed by atoms with Crippen molar-refractivity contribution in [3.05, 3.63) is 0 Å². The molecule has 3 heterocycles. The lowest BCUT2D eigenvalue weighted by Gasteiger charge is -2.20. The van der Waals surface area contributed by atoms with Gasteiger partial charge >= 0.3 is 17.9 Å². The van der Waals surface area contributed by atoms with Crippen LogP contribution in [0.25, 0.3) is 0 Å². The Morgan fingerprint density at radius 1 is 0.345 bits per heavy atom. The zero-order valence-electron chi connectivity index (χ0n) is 33.0. The van der Waals surface area contributed by atoms with Crippen molar-refractivity contribution in [1.82, 2.24) is 20.1 Å². The maximum absolute atomic E-state index is 12.9. The average Bonchev–Trinajstić information content (AvgIpc) is 3.78. The monoisotopic (exact) mass is 818 g/mol. The van der Waals surface area contributed by atoms with Crippen molar-refractivity contribution in [1.29, 1.82) is 0 Å². The van der Waals surface area contributed by atoms with Gasteiger partial charge in [0.05, 0.1) is 19.6 Å². The van der Waals surface area contributed by atoms with Crippen molar-refractivity contribution in [2.75, 3.05) is 19.6 Å². The van der Waals surface area contributed by atoms with Crippen LogP contribution in [-0.2, 0) is 72.0 Å². The van der Waals surface area contributed by atoms with E-state index in [4.69, 9.17) is 14.5 Å². The SMILES string of the molecule is O=C(CCCCCCC(=O)ON1C(=O)CCC1=O)CN(CC(=O)CCCCCCC(=O)ON1C(=O)CCC1=O)CC(=O)CCCCCCC(=O)ON1C(=O)CCC1=O. The van der Waals surface area contributed by atoms with E-state index in [0.717, 1.165) is 0 Å². The van der Waals surface area contributed by atoms with Gasteiger partial charge in [-0.2, -0.15) is 0 Å². The number of unbranched alkanes of at least 4 members (excludes halogenated alkanes) is 9. The number of rotatable bonds is 30. The highest BCUT2D eigenvalue weighted by Crippen LogP contribution is 2.17. The molecule has 0 N–H and O–H groups in total. The molecule has 19 heteroatoms. The van der Waals surface area contributed by atoms with E-state index in [-0.39, 0.29) is 114 Å². The number of Topliss-reactive ketones (excluding diaryl/α,β-unsaturated/α-hetero) is 3. The Kier molecular flexibility index (Phi) is 20.5. The quantitative estimate of drug-likeness (QED) is 0.0747. The first-order chi connectivity index (χ1) is 27.7. The van der Waals surface area contributed by atoms with Gasteiger partial charge in [-0.25, -0.2) is 14.4 Å². The lowest BCUT2D eigenvalue weighted by molar-refractivity contribution is -0.197. The first-order valence-corrected chi connectivity index (χ1v) is 20.2. The van der Waals surface area contributed by atoms with E-state index in [2.05, 4.69) is 0 Å². The summed E-state index contributed by atoms with van der Waals surface area (Å²) >= 11 is 0. The molecule has 0 aliphatic carbocycles. The van der Waals surface area contributed by atoms with Gasteiger partial charge in [0.25, 0.3) is 35.4 Å². The molecule has 320 valence electrons. The molecule has 0 unspecified atom stereocenters. The summed E-state index contributed by atoms with van der Waals surface area (Å²) < 4.78 is 0. The van der Waals surface area contributed by atoms with Crippen molar-refractivity contribution in [3.63, 3.8) is 0 Å². The van der Waals surface area contributed by atoms with Gasteiger partial charge in [0.15, 0.2) is 0 Å². The topological polar surface area (TPSA) is 245 Å². The van der Waals surface area contributed by atoms with E-state index in [1.165, 1.54) is 4.90 Å². The van der Waals surface area contributed by atoms with E-state index < -0.39 is 53.4 Å². The smallest absolute Gasteiger partial charge is 0.330 e. The van der Waals surface area contributed by atoms with Crippen LogP contribution < -0.4 is 0 Å². The Morgan fingerprint density at radius 3 is 0.776 bits per heavy atom. The highest BCUT2D eigenvalue weighted by atomic mass is 16.7. The zero-order chi connectivity index (χ0) is 42.5. The van der Waals surface area contributed by atoms with Crippen LogP contribution in [0.2, 0.25) is 0 Å². The molecule has 3 rings (SSSR count). The van der Waals surface area contributed by atoms with Crippen LogP contribution in [0.1, 0.15) is 154 Å². The minimum atomic E-state index is -0.685. The summed E-state index contributed by atoms with van der Waals surface area (Å²) in [6, 6.07) is 0. The van der Waals surface area contributed by atoms with E-state index in [1.54, 1.807) is 0 Å². The molecule has 58 heavy (non-hydrogen) atoms. The van der Waals surface area contributed by atoms with Crippen LogP contribution in [0.4, 0.5) is 0 Å². The first kappa shape index (κ1) is 47.2. The van der Waals surface area contributed by atoms with Gasteiger partial charge in [-0.1, -0.05) is 38.5 Å². The molecule has 19 nitrogen and oxygen atoms in total. The number of nitrogens with zero attached hydrogens (tertiary/aromatic N) is 4. The van der Waals surface area contributed by atoms with E-state index in [0.29, 0.717) is 92.2 Å². The molecule has 3 aliphatic heterocycles. The van der Waals surface area contributed by atoms with Crippen molar-refractivity contribution >= 4 is 70.7 Å². The maximum atomic E-state index is 12.9. The third kappa shape index (κ3) is 17.5. The standard InChI is InChI=1S/C39H54N4O15/c44-28(13-7-1-4-10-16-37(53)56-41-31(47)19-20-32(41)48)25-40(26-29(45)14-8-2-5-11-17-38(54)57-42-33(49)21-22-34(42)50)27-30(46)15-9-3-6-12-18-39(55)58-43-35(51)23-24-36(43)52/h1-27H2. The summed E-state index contributed by atoms with van der Waals surface area (Å²) in [6.07, 6.45) is 7.21. The molecule has 0 aromatic carbocycles. The summed E-state index contributed by atoms with van der Waals surface area (Å²) in [4.78, 5) is 160. The molecule has 0 aromatic rings. The molecule has 0 bridgehead atoms. The summed E-state index contributed by atoms with van der Waals surface area (Å²) in [5.74, 6) is -5.81. The van der Waals surface area contributed by atoms with Gasteiger partial charge in [0.1, 0.15) is 17.3 Å². The number of imide groups is 3. The summed E-state index contributed by atoms with van der Waals surface area (Å²) in [5.41, 5.74) is 0. The number of hydrogen-bond donors (Lipinski definition) is 0. The first-order valence-electron chi connectivity index (χ1n) is 20.2. The molecule has 3 aliphatic rings. The van der Waals surface area contributed by atoms with Gasteiger partial charge in [0.2, 0.25) is 0 Å². The molecule has 3 saturated heterocycles. The molecular weight excluding hydrogens is 764 g/mol. The molecule has 0 saturated carbocycles. The predicted octanol–water partition coefficient (Wildman–Crippen LogP) is 2.84. The highest BCUT2D eigenvalue weighted by Gasteiger charge is 2.34. The number of amides is 6. The van der Waals surface area contributed by atoms with Crippen molar-refractivity contribution < 1.29 is 72.0 Å². The Labute approximate surface area is 336 Å². The molecule has 0 atom stereocenters. The predicted molar refractivity (Wildman–Crippen MR) is 196 cm³/mol. The fourth-order valence-electron chi connectivity index (χ4n) is 6.40. The summed E-state index contributed by atoms with van der Waals surface area (Å²) in [5, 5.41) is 1.51. The Bertz CT molecular complexity index is 1350. The van der Waals surface area contributed by atoms with Gasteiger partial charge < -0.3 is 14.5 Å². The van der Waals surface area contributed by atoms with Crippen LogP contribution in [0.15, 0.2) is 0 Å². The van der Waals surface area contributed by atoms with Crippen LogP contribution in [0.3, 0.4) is 0 Å². The Hall–Kier alpha value is -5.20. The number of carbonyl (C=O) groups is 12. The molecule has 0 spiro atoms. The maximum Gasteiger partial charge on any atom is 0.333 e. The summed E-state index contributed by atoms with van der Waals surface area (Å²) in [7, 11) is 0. The van der Waals surface area contributed by atoms with Crippen molar-refractivity contribution in [3.8, 4) is 0 Å². The Morgan fingerprint density at radius 2 is 0.552 bits per heavy atom. The number of ketones is 3. The van der Waals surface area contributed by atoms with Crippen LogP contribution >= 0.6 is 0 Å². The van der Waals surface area contributed by atoms with Crippen LogP contribution in [-0.4, -0.2) is 110 Å². The van der Waals surface area contributed by atoms with Crippen molar-refractivity contribution in [2.24, 2.45) is 0 Å². The molecule has 6 amide bonds. The van der Waals surface area contributed by atoms with E-state index >= 15 is 0 Å². The molecular formula is C39H54N4O15. The molecule has 0 aromatic heterocycles. The average molecular weight is 819 g/mol. The molecule has 0 radical (unpaired) electrons. The highest BCUT2D eigenvalue weighted by molar-refractivity contribution is 6.03. The van der Waals surface area contributed by atoms with Crippen LogP contribution in [0, 0.1) is 0 Å². The van der Waals surface area contributed by atoms with E-state index in [9.17, 15) is 57.5 Å². The van der Waals surface area contributed by atoms with Gasteiger partial charge in [0, 0.05) is 77.0 Å². The van der Waals surface area contributed by atoms with Gasteiger partial charge in [-0.15, -0.1) is 15.2 Å². The second-order valence-corrected chi connectivity index (χ2v) is 14.6. The third-order valence-corrected chi connectivity index (χ3v) is 9.56. The van der Waals surface area contributed by atoms with Crippen molar-refractivity contribution in [2.45, 2.75) is 154 Å². The fourth-order valence-corrected chi connectivity index (χ4v) is 6.40. The Balaban J connectivity index is 1.34. The van der Waals surface area contributed by atoms with Gasteiger partial charge in [-0.3, -0.25) is 48.1 Å². The van der Waals surface area contributed by atoms with Crippen LogP contribution in [0.5, 0.6) is 0 Å². The second-order valence-electron chi connectivity index (χ2n) is 14.6. The van der Waals surface area contributed by atoms with Gasteiger partial charge in [-0.05, 0) is 38.5 Å².